The van der Waals surface area contributed by atoms with Gasteiger partial charge in [-0.25, -0.2) is 4.98 Å². The molecule has 0 fully saturated rings. The number of amides is 1. The Morgan fingerprint density at radius 3 is 2.50 bits per heavy atom. The predicted molar refractivity (Wildman–Crippen MR) is 86.8 cm³/mol. The monoisotopic (exact) mass is 287 g/mol. The molecule has 22 heavy (non-hydrogen) atoms. The van der Waals surface area contributed by atoms with Crippen LogP contribution < -0.4 is 5.01 Å². The van der Waals surface area contributed by atoms with E-state index in [9.17, 15) is 4.79 Å². The number of carbonyl (C=O) groups excluding carboxylic acids is 1. The largest absolute Gasteiger partial charge is 0.272 e. The van der Waals surface area contributed by atoms with Crippen LogP contribution in [0, 0.1) is 0 Å². The third kappa shape index (κ3) is 2.15. The lowest BCUT2D eigenvalue weighted by atomic mass is 10.1. The Morgan fingerprint density at radius 2 is 1.64 bits per heavy atom. The van der Waals surface area contributed by atoms with E-state index in [0.29, 0.717) is 12.2 Å². The molecule has 1 aromatic heterocycles. The Kier molecular flexibility index (Phi) is 2.93. The van der Waals surface area contributed by atoms with Crippen molar-refractivity contribution in [1.82, 2.24) is 4.98 Å². The summed E-state index contributed by atoms with van der Waals surface area (Å²) < 4.78 is 0. The summed E-state index contributed by atoms with van der Waals surface area (Å²) in [5, 5.41) is 6.90. The fourth-order valence-electron chi connectivity index (χ4n) is 2.57. The molecule has 4 heteroatoms. The molecule has 1 amide bonds. The number of fused-ring (bicyclic) bond motifs is 1. The van der Waals surface area contributed by atoms with Crippen LogP contribution in [-0.2, 0) is 4.79 Å². The molecule has 1 aliphatic heterocycles. The highest BCUT2D eigenvalue weighted by molar-refractivity contribution is 6.19. The minimum absolute atomic E-state index is 0.0540. The molecule has 4 rings (SSSR count). The zero-order chi connectivity index (χ0) is 14.9. The van der Waals surface area contributed by atoms with Crippen molar-refractivity contribution in [2.45, 2.75) is 6.42 Å². The lowest BCUT2D eigenvalue weighted by Crippen LogP contribution is -2.20. The summed E-state index contributed by atoms with van der Waals surface area (Å²) in [6, 6.07) is 21.4. The van der Waals surface area contributed by atoms with Gasteiger partial charge in [-0.1, -0.05) is 48.5 Å². The maximum atomic E-state index is 12.3. The van der Waals surface area contributed by atoms with Crippen molar-refractivity contribution in [1.29, 1.82) is 0 Å². The Balaban J connectivity index is 1.74. The van der Waals surface area contributed by atoms with Gasteiger partial charge in [-0.3, -0.25) is 4.79 Å². The predicted octanol–water partition coefficient (Wildman–Crippen LogP) is 3.38. The van der Waals surface area contributed by atoms with Crippen LogP contribution in [0.5, 0.6) is 0 Å². The molecule has 0 aliphatic carbocycles. The van der Waals surface area contributed by atoms with Gasteiger partial charge in [0.05, 0.1) is 17.6 Å². The zero-order valence-corrected chi connectivity index (χ0v) is 11.8. The van der Waals surface area contributed by atoms with Gasteiger partial charge >= 0.3 is 0 Å². The molecular formula is C18H13N3O. The molecule has 0 saturated carbocycles. The fraction of sp³-hybridized carbons (Fsp3) is 0.0556. The van der Waals surface area contributed by atoms with Gasteiger partial charge in [0, 0.05) is 5.39 Å². The molecular weight excluding hydrogens is 274 g/mol. The van der Waals surface area contributed by atoms with Gasteiger partial charge in [0.2, 0.25) is 0 Å². The minimum Gasteiger partial charge on any atom is -0.272 e. The van der Waals surface area contributed by atoms with Crippen molar-refractivity contribution in [2.24, 2.45) is 5.10 Å². The van der Waals surface area contributed by atoms with E-state index in [2.05, 4.69) is 10.1 Å². The van der Waals surface area contributed by atoms with Gasteiger partial charge in [-0.2, -0.15) is 10.1 Å². The van der Waals surface area contributed by atoms with Crippen molar-refractivity contribution in [3.8, 4) is 0 Å². The highest BCUT2D eigenvalue weighted by Crippen LogP contribution is 2.23. The Bertz CT molecular complexity index is 887. The number of rotatable bonds is 2. The molecule has 4 nitrogen and oxygen atoms in total. The summed E-state index contributed by atoms with van der Waals surface area (Å²) in [6.07, 6.45) is 0.304. The third-order valence-electron chi connectivity index (χ3n) is 3.68. The van der Waals surface area contributed by atoms with Gasteiger partial charge in [-0.15, -0.1) is 0 Å². The highest BCUT2D eigenvalue weighted by Gasteiger charge is 2.26. The van der Waals surface area contributed by atoms with E-state index in [1.807, 2.05) is 66.7 Å². The molecule has 0 radical (unpaired) electrons. The van der Waals surface area contributed by atoms with Crippen LogP contribution in [0.25, 0.3) is 10.9 Å². The first-order valence-electron chi connectivity index (χ1n) is 7.13. The van der Waals surface area contributed by atoms with Crippen LogP contribution >= 0.6 is 0 Å². The quantitative estimate of drug-likeness (QED) is 0.725. The van der Waals surface area contributed by atoms with E-state index in [1.165, 1.54) is 5.01 Å². The number of carbonyl (C=O) groups is 1. The number of hydrazone groups is 1. The Hall–Kier alpha value is -3.01. The van der Waals surface area contributed by atoms with E-state index in [-0.39, 0.29) is 5.91 Å². The molecule has 2 aromatic carbocycles. The van der Waals surface area contributed by atoms with E-state index in [1.54, 1.807) is 0 Å². The van der Waals surface area contributed by atoms with Crippen molar-refractivity contribution < 1.29 is 4.79 Å². The molecule has 0 N–H and O–H groups in total. The van der Waals surface area contributed by atoms with Gasteiger partial charge in [0.1, 0.15) is 0 Å². The SMILES string of the molecule is O=C1CC(c2ccccc2)=NN1c1ccc2ccccc2n1. The smallest absolute Gasteiger partial charge is 0.254 e. The number of benzene rings is 2. The number of anilines is 1. The van der Waals surface area contributed by atoms with Crippen LogP contribution in [0.15, 0.2) is 71.8 Å². The molecule has 0 spiro atoms. The standard InChI is InChI=1S/C18H13N3O/c22-18-12-16(13-6-2-1-3-7-13)20-21(18)17-11-10-14-8-4-5-9-15(14)19-17/h1-11H,12H2. The number of hydrogen-bond acceptors (Lipinski definition) is 3. The van der Waals surface area contributed by atoms with Crippen molar-refractivity contribution >= 4 is 28.3 Å². The molecule has 1 aliphatic rings. The topological polar surface area (TPSA) is 45.6 Å². The molecule has 0 unspecified atom stereocenters. The lowest BCUT2D eigenvalue weighted by molar-refractivity contribution is -0.116. The first-order valence-corrected chi connectivity index (χ1v) is 7.13. The maximum Gasteiger partial charge on any atom is 0.254 e. The van der Waals surface area contributed by atoms with E-state index >= 15 is 0 Å². The first kappa shape index (κ1) is 12.7. The summed E-state index contributed by atoms with van der Waals surface area (Å²) in [4.78, 5) is 16.8. The van der Waals surface area contributed by atoms with Crippen molar-refractivity contribution in [2.75, 3.05) is 5.01 Å². The summed E-state index contributed by atoms with van der Waals surface area (Å²) in [7, 11) is 0. The second-order valence-electron chi connectivity index (χ2n) is 5.16. The third-order valence-corrected chi connectivity index (χ3v) is 3.68. The lowest BCUT2D eigenvalue weighted by Gasteiger charge is -2.10. The summed E-state index contributed by atoms with van der Waals surface area (Å²) in [6.45, 7) is 0. The molecule has 2 heterocycles. The van der Waals surface area contributed by atoms with Crippen molar-refractivity contribution in [3.05, 3.63) is 72.3 Å². The Labute approximate surface area is 127 Å². The van der Waals surface area contributed by atoms with Crippen LogP contribution in [0.2, 0.25) is 0 Å². The van der Waals surface area contributed by atoms with E-state index in [4.69, 9.17) is 0 Å². The first-order chi connectivity index (χ1) is 10.8. The number of nitrogens with zero attached hydrogens (tertiary/aromatic N) is 3. The summed E-state index contributed by atoms with van der Waals surface area (Å²) in [5.74, 6) is 0.510. The van der Waals surface area contributed by atoms with Gasteiger partial charge in [0.25, 0.3) is 5.91 Å². The summed E-state index contributed by atoms with van der Waals surface area (Å²) >= 11 is 0. The van der Waals surface area contributed by atoms with Crippen LogP contribution in [-0.4, -0.2) is 16.6 Å². The van der Waals surface area contributed by atoms with Crippen molar-refractivity contribution in [3.63, 3.8) is 0 Å². The zero-order valence-electron chi connectivity index (χ0n) is 11.8. The molecule has 0 atom stereocenters. The van der Waals surface area contributed by atoms with E-state index in [0.717, 1.165) is 22.2 Å². The van der Waals surface area contributed by atoms with Gasteiger partial charge < -0.3 is 0 Å². The number of para-hydroxylation sites is 1. The summed E-state index contributed by atoms with van der Waals surface area (Å²) in [5.41, 5.74) is 2.61. The van der Waals surface area contributed by atoms with Crippen LogP contribution in [0.1, 0.15) is 12.0 Å². The number of hydrogen-bond donors (Lipinski definition) is 0. The Morgan fingerprint density at radius 1 is 0.864 bits per heavy atom. The molecule has 3 aromatic rings. The van der Waals surface area contributed by atoms with Gasteiger partial charge in [0.15, 0.2) is 5.82 Å². The average Bonchev–Trinajstić information content (AvgIpc) is 2.97. The number of aromatic nitrogens is 1. The second kappa shape index (κ2) is 5.07. The maximum absolute atomic E-state index is 12.3. The average molecular weight is 287 g/mol. The molecule has 106 valence electrons. The van der Waals surface area contributed by atoms with Crippen LogP contribution in [0.3, 0.4) is 0 Å². The number of pyridine rings is 1. The second-order valence-corrected chi connectivity index (χ2v) is 5.16. The minimum atomic E-state index is -0.0540. The fourth-order valence-corrected chi connectivity index (χ4v) is 2.57. The normalized spacial score (nSPS) is 14.5. The van der Waals surface area contributed by atoms with Gasteiger partial charge in [-0.05, 0) is 23.8 Å². The molecule has 0 saturated heterocycles. The van der Waals surface area contributed by atoms with Crippen LogP contribution in [0.4, 0.5) is 5.82 Å². The molecule has 0 bridgehead atoms. The highest BCUT2D eigenvalue weighted by atomic mass is 16.2. The van der Waals surface area contributed by atoms with E-state index < -0.39 is 0 Å².